The first-order valence-electron chi connectivity index (χ1n) is 6.23. The monoisotopic (exact) mass is 261 g/mol. The highest BCUT2D eigenvalue weighted by Crippen LogP contribution is 2.35. The van der Waals surface area contributed by atoms with E-state index in [0.717, 1.165) is 38.0 Å². The summed E-state index contributed by atoms with van der Waals surface area (Å²) < 4.78 is 5.03. The average Bonchev–Trinajstić information content (AvgIpc) is 2.30. The Kier molecular flexibility index (Phi) is 6.30. The Bertz CT molecular complexity index is 246. The number of methoxy groups -OCH3 is 1. The highest BCUT2D eigenvalue weighted by atomic mass is 32.2. The molecule has 2 unspecified atom stereocenters. The maximum Gasteiger partial charge on any atom is 0.323 e. The minimum absolute atomic E-state index is 0.439. The van der Waals surface area contributed by atoms with Gasteiger partial charge < -0.3 is 15.2 Å². The second kappa shape index (κ2) is 7.24. The van der Waals surface area contributed by atoms with Crippen molar-refractivity contribution in [3.63, 3.8) is 0 Å². The van der Waals surface area contributed by atoms with Gasteiger partial charge in [0.2, 0.25) is 0 Å². The Hall–Kier alpha value is -0.260. The Morgan fingerprint density at radius 1 is 1.65 bits per heavy atom. The number of carboxylic acid groups (broad SMARTS) is 1. The van der Waals surface area contributed by atoms with Gasteiger partial charge in [-0.3, -0.25) is 4.79 Å². The lowest BCUT2D eigenvalue weighted by Crippen LogP contribution is -2.55. The van der Waals surface area contributed by atoms with Gasteiger partial charge in [0.25, 0.3) is 0 Å². The van der Waals surface area contributed by atoms with E-state index in [1.807, 2.05) is 18.7 Å². The normalized spacial score (nSPS) is 29.2. The van der Waals surface area contributed by atoms with Gasteiger partial charge in [0.15, 0.2) is 0 Å². The van der Waals surface area contributed by atoms with Crippen LogP contribution < -0.4 is 5.32 Å². The van der Waals surface area contributed by atoms with Gasteiger partial charge in [0, 0.05) is 18.1 Å². The molecule has 0 aromatic rings. The number of aliphatic carboxylic acids is 1. The molecule has 1 rings (SSSR count). The summed E-state index contributed by atoms with van der Waals surface area (Å²) in [7, 11) is 1.70. The molecule has 1 fully saturated rings. The first kappa shape index (κ1) is 14.8. The third-order valence-electron chi connectivity index (χ3n) is 3.27. The van der Waals surface area contributed by atoms with Crippen LogP contribution in [0.15, 0.2) is 0 Å². The molecule has 0 amide bonds. The molecule has 100 valence electrons. The second-order valence-corrected chi connectivity index (χ2v) is 5.91. The number of likely N-dealkylation sites (N-methyl/N-ethyl adjacent to an activating group) is 1. The van der Waals surface area contributed by atoms with Crippen LogP contribution in [0.25, 0.3) is 0 Å². The van der Waals surface area contributed by atoms with Crippen LogP contribution in [0, 0.1) is 0 Å². The molecule has 0 aromatic carbocycles. The maximum absolute atomic E-state index is 11.4. The first-order chi connectivity index (χ1) is 8.14. The fourth-order valence-electron chi connectivity index (χ4n) is 2.43. The fourth-order valence-corrected chi connectivity index (χ4v) is 3.77. The molecular weight excluding hydrogens is 238 g/mol. The standard InChI is InChI=1S/C12H23NO3S/c1-3-13-12(11(14)15)6-4-5-10(9-12)17-8-7-16-2/h10,13H,3-9H2,1-2H3,(H,14,15). The van der Waals surface area contributed by atoms with E-state index in [0.29, 0.717) is 11.8 Å². The van der Waals surface area contributed by atoms with E-state index in [4.69, 9.17) is 4.74 Å². The number of rotatable bonds is 7. The van der Waals surface area contributed by atoms with Crippen LogP contribution in [0.4, 0.5) is 0 Å². The predicted octanol–water partition coefficient (Wildman–Crippen LogP) is 1.74. The fraction of sp³-hybridized carbons (Fsp3) is 0.917. The molecule has 1 aliphatic rings. The van der Waals surface area contributed by atoms with Crippen LogP contribution in [0.2, 0.25) is 0 Å². The number of hydrogen-bond acceptors (Lipinski definition) is 4. The van der Waals surface area contributed by atoms with E-state index in [1.165, 1.54) is 0 Å². The van der Waals surface area contributed by atoms with Crippen LogP contribution in [-0.4, -0.2) is 47.9 Å². The Balaban J connectivity index is 2.52. The van der Waals surface area contributed by atoms with Gasteiger partial charge in [-0.05, 0) is 32.2 Å². The van der Waals surface area contributed by atoms with Crippen molar-refractivity contribution in [2.45, 2.75) is 43.4 Å². The summed E-state index contributed by atoms with van der Waals surface area (Å²) in [6, 6.07) is 0. The summed E-state index contributed by atoms with van der Waals surface area (Å²) >= 11 is 1.84. The lowest BCUT2D eigenvalue weighted by atomic mass is 9.81. The number of carbonyl (C=O) groups is 1. The molecule has 0 bridgehead atoms. The van der Waals surface area contributed by atoms with Crippen molar-refractivity contribution in [2.24, 2.45) is 0 Å². The van der Waals surface area contributed by atoms with Gasteiger partial charge in [-0.15, -0.1) is 0 Å². The molecule has 1 saturated carbocycles. The van der Waals surface area contributed by atoms with Gasteiger partial charge in [-0.1, -0.05) is 6.92 Å². The molecular formula is C12H23NO3S. The average molecular weight is 261 g/mol. The molecule has 0 radical (unpaired) electrons. The molecule has 0 aromatic heterocycles. The first-order valence-corrected chi connectivity index (χ1v) is 7.28. The van der Waals surface area contributed by atoms with Crippen molar-refractivity contribution >= 4 is 17.7 Å². The lowest BCUT2D eigenvalue weighted by Gasteiger charge is -2.38. The summed E-state index contributed by atoms with van der Waals surface area (Å²) in [5.41, 5.74) is -0.697. The van der Waals surface area contributed by atoms with Gasteiger partial charge >= 0.3 is 5.97 Å². The maximum atomic E-state index is 11.4. The van der Waals surface area contributed by atoms with Crippen LogP contribution in [0.1, 0.15) is 32.6 Å². The Morgan fingerprint density at radius 3 is 3.00 bits per heavy atom. The summed E-state index contributed by atoms with van der Waals surface area (Å²) in [6.07, 6.45) is 3.58. The molecule has 1 aliphatic carbocycles. The van der Waals surface area contributed by atoms with Crippen LogP contribution in [0.3, 0.4) is 0 Å². The topological polar surface area (TPSA) is 58.6 Å². The summed E-state index contributed by atoms with van der Waals surface area (Å²) in [6.45, 7) is 3.41. The zero-order valence-corrected chi connectivity index (χ0v) is 11.5. The smallest absolute Gasteiger partial charge is 0.323 e. The molecule has 0 saturated heterocycles. The Labute approximate surface area is 107 Å². The highest BCUT2D eigenvalue weighted by Gasteiger charge is 2.42. The summed E-state index contributed by atoms with van der Waals surface area (Å²) in [5.74, 6) is 0.250. The predicted molar refractivity (Wildman–Crippen MR) is 70.6 cm³/mol. The number of thioether (sulfide) groups is 1. The van der Waals surface area contributed by atoms with E-state index in [2.05, 4.69) is 5.32 Å². The van der Waals surface area contributed by atoms with E-state index in [9.17, 15) is 9.90 Å². The van der Waals surface area contributed by atoms with Crippen molar-refractivity contribution in [2.75, 3.05) is 26.0 Å². The van der Waals surface area contributed by atoms with Crippen molar-refractivity contribution < 1.29 is 14.6 Å². The zero-order valence-electron chi connectivity index (χ0n) is 10.7. The number of hydrogen-bond donors (Lipinski definition) is 2. The van der Waals surface area contributed by atoms with Crippen molar-refractivity contribution in [1.29, 1.82) is 0 Å². The molecule has 2 N–H and O–H groups in total. The third-order valence-corrected chi connectivity index (χ3v) is 4.55. The molecule has 4 nitrogen and oxygen atoms in total. The van der Waals surface area contributed by atoms with Crippen molar-refractivity contribution in [1.82, 2.24) is 5.32 Å². The Morgan fingerprint density at radius 2 is 2.41 bits per heavy atom. The van der Waals surface area contributed by atoms with Gasteiger partial charge in [-0.2, -0.15) is 11.8 Å². The quantitative estimate of drug-likeness (QED) is 0.684. The zero-order chi connectivity index (χ0) is 12.7. The molecule has 0 heterocycles. The van der Waals surface area contributed by atoms with Gasteiger partial charge in [0.1, 0.15) is 5.54 Å². The number of carboxylic acids is 1. The highest BCUT2D eigenvalue weighted by molar-refractivity contribution is 7.99. The van der Waals surface area contributed by atoms with E-state index < -0.39 is 11.5 Å². The number of ether oxygens (including phenoxy) is 1. The largest absolute Gasteiger partial charge is 0.480 e. The minimum atomic E-state index is -0.698. The molecule has 2 atom stereocenters. The number of nitrogens with one attached hydrogen (secondary N) is 1. The van der Waals surface area contributed by atoms with Crippen LogP contribution in [-0.2, 0) is 9.53 Å². The van der Waals surface area contributed by atoms with E-state index in [1.54, 1.807) is 7.11 Å². The van der Waals surface area contributed by atoms with Crippen molar-refractivity contribution in [3.8, 4) is 0 Å². The summed E-state index contributed by atoms with van der Waals surface area (Å²) in [4.78, 5) is 11.4. The van der Waals surface area contributed by atoms with Crippen LogP contribution >= 0.6 is 11.8 Å². The van der Waals surface area contributed by atoms with E-state index >= 15 is 0 Å². The SMILES string of the molecule is CCNC1(C(=O)O)CCCC(SCCOC)C1. The molecule has 5 heteroatoms. The van der Waals surface area contributed by atoms with Gasteiger partial charge in [-0.25, -0.2) is 0 Å². The second-order valence-electron chi connectivity index (χ2n) is 4.50. The van der Waals surface area contributed by atoms with E-state index in [-0.39, 0.29) is 0 Å². The summed E-state index contributed by atoms with van der Waals surface area (Å²) in [5, 5.41) is 13.0. The third kappa shape index (κ3) is 4.16. The lowest BCUT2D eigenvalue weighted by molar-refractivity contribution is -0.146. The molecule has 0 spiro atoms. The van der Waals surface area contributed by atoms with Gasteiger partial charge in [0.05, 0.1) is 6.61 Å². The molecule has 0 aliphatic heterocycles. The van der Waals surface area contributed by atoms with Crippen LogP contribution in [0.5, 0.6) is 0 Å². The van der Waals surface area contributed by atoms with Crippen molar-refractivity contribution in [3.05, 3.63) is 0 Å². The molecule has 17 heavy (non-hydrogen) atoms. The minimum Gasteiger partial charge on any atom is -0.480 e.